The van der Waals surface area contributed by atoms with Gasteiger partial charge >= 0.3 is 0 Å². The van der Waals surface area contributed by atoms with Gasteiger partial charge in [0.15, 0.2) is 5.96 Å². The number of nitrogens with zero attached hydrogens (tertiary/aromatic N) is 3. The van der Waals surface area contributed by atoms with E-state index in [1.807, 2.05) is 6.07 Å². The van der Waals surface area contributed by atoms with Crippen LogP contribution in [0.4, 0.5) is 0 Å². The van der Waals surface area contributed by atoms with Crippen LogP contribution in [0.15, 0.2) is 53.7 Å². The third-order valence-electron chi connectivity index (χ3n) is 4.96. The molecule has 0 saturated carbocycles. The lowest BCUT2D eigenvalue weighted by Crippen LogP contribution is -2.39. The second-order valence-corrected chi connectivity index (χ2v) is 6.91. The van der Waals surface area contributed by atoms with Crippen LogP contribution in [-0.2, 0) is 18.3 Å². The lowest BCUT2D eigenvalue weighted by atomic mass is 9.95. The number of aromatic nitrogens is 1. The maximum Gasteiger partial charge on any atom is 0.194 e. The predicted molar refractivity (Wildman–Crippen MR) is 106 cm³/mol. The monoisotopic (exact) mass is 354 g/mol. The van der Waals surface area contributed by atoms with Crippen LogP contribution in [0.3, 0.4) is 0 Å². The first-order valence-electron chi connectivity index (χ1n) is 9.45. The molecular weight excluding hydrogens is 324 g/mol. The number of hydrogen-bond acceptors (Lipinski definition) is 2. The van der Waals surface area contributed by atoms with Crippen molar-refractivity contribution in [3.8, 4) is 0 Å². The predicted octanol–water partition coefficient (Wildman–Crippen LogP) is 3.20. The van der Waals surface area contributed by atoms with E-state index in [4.69, 9.17) is 9.73 Å². The largest absolute Gasteiger partial charge is 0.373 e. The van der Waals surface area contributed by atoms with Crippen LogP contribution in [0.25, 0.3) is 0 Å². The standard InChI is InChI=1S/C21H30N4O/c1-4-22-21(25(3)16-19-11-8-13-24(19)2)23-15-18-12-14-26-20(18)17-9-6-5-7-10-17/h5-11,13,18,20H,4,12,14-16H2,1-3H3,(H,22,23). The van der Waals surface area contributed by atoms with E-state index >= 15 is 0 Å². The second-order valence-electron chi connectivity index (χ2n) is 6.91. The van der Waals surface area contributed by atoms with Gasteiger partial charge in [-0.3, -0.25) is 4.99 Å². The first-order valence-corrected chi connectivity index (χ1v) is 9.45. The van der Waals surface area contributed by atoms with Crippen LogP contribution >= 0.6 is 0 Å². The Kier molecular flexibility index (Phi) is 6.34. The highest BCUT2D eigenvalue weighted by Gasteiger charge is 2.29. The fourth-order valence-electron chi connectivity index (χ4n) is 3.48. The number of benzene rings is 1. The molecule has 1 fully saturated rings. The van der Waals surface area contributed by atoms with Crippen molar-refractivity contribution in [3.05, 3.63) is 59.9 Å². The molecule has 2 atom stereocenters. The smallest absolute Gasteiger partial charge is 0.194 e. The lowest BCUT2D eigenvalue weighted by Gasteiger charge is -2.24. The van der Waals surface area contributed by atoms with E-state index in [2.05, 4.69) is 78.4 Å². The van der Waals surface area contributed by atoms with Gasteiger partial charge in [0.1, 0.15) is 0 Å². The van der Waals surface area contributed by atoms with Crippen molar-refractivity contribution in [2.75, 3.05) is 26.7 Å². The Morgan fingerprint density at radius 2 is 2.08 bits per heavy atom. The highest BCUT2D eigenvalue weighted by Crippen LogP contribution is 2.34. The van der Waals surface area contributed by atoms with Crippen molar-refractivity contribution in [1.29, 1.82) is 0 Å². The molecule has 2 unspecified atom stereocenters. The summed E-state index contributed by atoms with van der Waals surface area (Å²) in [4.78, 5) is 7.11. The fourth-order valence-corrected chi connectivity index (χ4v) is 3.48. The molecular formula is C21H30N4O. The van der Waals surface area contributed by atoms with E-state index < -0.39 is 0 Å². The van der Waals surface area contributed by atoms with Crippen LogP contribution in [0.2, 0.25) is 0 Å². The Morgan fingerprint density at radius 1 is 1.27 bits per heavy atom. The molecule has 1 saturated heterocycles. The Balaban J connectivity index is 1.67. The van der Waals surface area contributed by atoms with E-state index in [0.717, 1.165) is 38.6 Å². The van der Waals surface area contributed by atoms with Gasteiger partial charge in [-0.1, -0.05) is 30.3 Å². The first-order chi connectivity index (χ1) is 12.7. The number of guanidine groups is 1. The van der Waals surface area contributed by atoms with Gasteiger partial charge in [0, 0.05) is 51.6 Å². The molecule has 5 heteroatoms. The molecule has 1 aromatic heterocycles. The number of aliphatic imine (C=N–C) groups is 1. The van der Waals surface area contributed by atoms with Crippen molar-refractivity contribution in [2.45, 2.75) is 26.0 Å². The molecule has 0 spiro atoms. The summed E-state index contributed by atoms with van der Waals surface area (Å²) in [7, 11) is 4.17. The number of rotatable bonds is 6. The zero-order valence-electron chi connectivity index (χ0n) is 16.1. The molecule has 1 aliphatic rings. The normalized spacial score (nSPS) is 20.3. The third kappa shape index (κ3) is 4.47. The molecule has 0 bridgehead atoms. The summed E-state index contributed by atoms with van der Waals surface area (Å²) in [5.74, 6) is 1.38. The minimum Gasteiger partial charge on any atom is -0.373 e. The number of nitrogens with one attached hydrogen (secondary N) is 1. The Labute approximate surface area is 156 Å². The SMILES string of the molecule is CCNC(=NCC1CCOC1c1ccccc1)N(C)Cc1cccn1C. The number of ether oxygens (including phenoxy) is 1. The van der Waals surface area contributed by atoms with E-state index in [-0.39, 0.29) is 6.10 Å². The van der Waals surface area contributed by atoms with Gasteiger partial charge in [0.25, 0.3) is 0 Å². The summed E-state index contributed by atoms with van der Waals surface area (Å²) >= 11 is 0. The highest BCUT2D eigenvalue weighted by atomic mass is 16.5. The first kappa shape index (κ1) is 18.5. The van der Waals surface area contributed by atoms with Crippen LogP contribution in [-0.4, -0.2) is 42.2 Å². The number of aryl methyl sites for hydroxylation is 1. The maximum absolute atomic E-state index is 6.00. The minimum absolute atomic E-state index is 0.154. The zero-order chi connectivity index (χ0) is 18.4. The van der Waals surface area contributed by atoms with Crippen molar-refractivity contribution in [3.63, 3.8) is 0 Å². The molecule has 2 aromatic rings. The summed E-state index contributed by atoms with van der Waals surface area (Å²) in [5.41, 5.74) is 2.52. The fraction of sp³-hybridized carbons (Fsp3) is 0.476. The zero-order valence-corrected chi connectivity index (χ0v) is 16.1. The molecule has 1 aromatic carbocycles. The summed E-state index contributed by atoms with van der Waals surface area (Å²) in [5, 5.41) is 3.42. The molecule has 0 aliphatic carbocycles. The molecule has 2 heterocycles. The van der Waals surface area contributed by atoms with Gasteiger partial charge in [0.2, 0.25) is 0 Å². The molecule has 140 valence electrons. The third-order valence-corrected chi connectivity index (χ3v) is 4.96. The van der Waals surface area contributed by atoms with Gasteiger partial charge in [0.05, 0.1) is 12.6 Å². The minimum atomic E-state index is 0.154. The molecule has 0 amide bonds. The molecule has 5 nitrogen and oxygen atoms in total. The van der Waals surface area contributed by atoms with Crippen molar-refractivity contribution >= 4 is 5.96 Å². The summed E-state index contributed by atoms with van der Waals surface area (Å²) in [6, 6.07) is 14.7. The molecule has 1 aliphatic heterocycles. The average molecular weight is 354 g/mol. The van der Waals surface area contributed by atoms with Crippen molar-refractivity contribution in [1.82, 2.24) is 14.8 Å². The topological polar surface area (TPSA) is 41.8 Å². The number of hydrogen-bond donors (Lipinski definition) is 1. The Bertz CT molecular complexity index is 710. The van der Waals surface area contributed by atoms with Gasteiger partial charge in [-0.25, -0.2) is 0 Å². The molecule has 3 rings (SSSR count). The van der Waals surface area contributed by atoms with Crippen molar-refractivity contribution < 1.29 is 4.74 Å². The maximum atomic E-state index is 6.00. The van der Waals surface area contributed by atoms with Crippen molar-refractivity contribution in [2.24, 2.45) is 18.0 Å². The van der Waals surface area contributed by atoms with Gasteiger partial charge in [-0.2, -0.15) is 0 Å². The Morgan fingerprint density at radius 3 is 2.77 bits per heavy atom. The van der Waals surface area contributed by atoms with Crippen LogP contribution in [0, 0.1) is 5.92 Å². The van der Waals surface area contributed by atoms with Crippen LogP contribution in [0.5, 0.6) is 0 Å². The lowest BCUT2D eigenvalue weighted by molar-refractivity contribution is 0.0925. The highest BCUT2D eigenvalue weighted by molar-refractivity contribution is 5.79. The molecule has 26 heavy (non-hydrogen) atoms. The summed E-state index contributed by atoms with van der Waals surface area (Å²) < 4.78 is 8.15. The van der Waals surface area contributed by atoms with E-state index in [9.17, 15) is 0 Å². The molecule has 0 radical (unpaired) electrons. The molecule has 1 N–H and O–H groups in total. The van der Waals surface area contributed by atoms with Crippen LogP contribution in [0.1, 0.15) is 30.7 Å². The van der Waals surface area contributed by atoms with Gasteiger partial charge in [-0.05, 0) is 31.0 Å². The van der Waals surface area contributed by atoms with E-state index in [0.29, 0.717) is 5.92 Å². The van der Waals surface area contributed by atoms with E-state index in [1.165, 1.54) is 11.3 Å². The van der Waals surface area contributed by atoms with Crippen LogP contribution < -0.4 is 5.32 Å². The average Bonchev–Trinajstić information content (AvgIpc) is 3.28. The summed E-state index contributed by atoms with van der Waals surface area (Å²) in [6.07, 6.45) is 3.29. The summed E-state index contributed by atoms with van der Waals surface area (Å²) in [6.45, 7) is 5.39. The Hall–Kier alpha value is -2.27. The van der Waals surface area contributed by atoms with Gasteiger partial charge < -0.3 is 19.5 Å². The quantitative estimate of drug-likeness (QED) is 0.640. The van der Waals surface area contributed by atoms with E-state index in [1.54, 1.807) is 0 Å². The van der Waals surface area contributed by atoms with Gasteiger partial charge in [-0.15, -0.1) is 0 Å². The second kappa shape index (κ2) is 8.90.